The van der Waals surface area contributed by atoms with E-state index in [4.69, 9.17) is 4.74 Å². The Balaban J connectivity index is 1.62. The summed E-state index contributed by atoms with van der Waals surface area (Å²) in [6.07, 6.45) is 6.65. The van der Waals surface area contributed by atoms with E-state index in [2.05, 4.69) is 17.3 Å². The lowest BCUT2D eigenvalue weighted by molar-refractivity contribution is 0.0488. The van der Waals surface area contributed by atoms with E-state index in [9.17, 15) is 4.39 Å². The molecule has 0 radical (unpaired) electrons. The summed E-state index contributed by atoms with van der Waals surface area (Å²) in [7, 11) is 0. The zero-order chi connectivity index (χ0) is 16.8. The molecule has 1 aliphatic heterocycles. The summed E-state index contributed by atoms with van der Waals surface area (Å²) in [6, 6.07) is 9.37. The van der Waals surface area contributed by atoms with Crippen molar-refractivity contribution in [3.05, 3.63) is 54.1 Å². The summed E-state index contributed by atoms with van der Waals surface area (Å²) in [5.74, 6) is -0.162. The van der Waals surface area contributed by atoms with Crippen LogP contribution in [0.4, 0.5) is 4.39 Å². The lowest BCUT2D eigenvalue weighted by Crippen LogP contribution is -2.45. The molecule has 130 valence electrons. The van der Waals surface area contributed by atoms with Crippen LogP contribution in [-0.4, -0.2) is 35.6 Å². The van der Waals surface area contributed by atoms with Gasteiger partial charge in [0.05, 0.1) is 0 Å². The van der Waals surface area contributed by atoms with Gasteiger partial charge in [-0.25, -0.2) is 4.39 Å². The van der Waals surface area contributed by atoms with Gasteiger partial charge in [0.2, 0.25) is 0 Å². The van der Waals surface area contributed by atoms with Gasteiger partial charge >= 0.3 is 0 Å². The summed E-state index contributed by atoms with van der Waals surface area (Å²) in [5, 5.41) is 7.89. The molecule has 0 amide bonds. The molecule has 0 unspecified atom stereocenters. The van der Waals surface area contributed by atoms with Crippen LogP contribution in [0, 0.1) is 5.82 Å². The molecule has 1 saturated heterocycles. The monoisotopic (exact) mass is 331 g/mol. The summed E-state index contributed by atoms with van der Waals surface area (Å²) in [5.41, 5.74) is 1.04. The number of benzene rings is 1. The number of aromatic nitrogens is 2. The minimum absolute atomic E-state index is 0.0414. The fourth-order valence-electron chi connectivity index (χ4n) is 3.38. The molecule has 1 aromatic carbocycles. The molecule has 5 heteroatoms. The van der Waals surface area contributed by atoms with Gasteiger partial charge in [0.25, 0.3) is 0 Å². The van der Waals surface area contributed by atoms with Crippen LogP contribution < -0.4 is 5.32 Å². The molecule has 1 aliphatic rings. The molecule has 0 bridgehead atoms. The summed E-state index contributed by atoms with van der Waals surface area (Å²) >= 11 is 0. The van der Waals surface area contributed by atoms with Gasteiger partial charge in [0, 0.05) is 50.2 Å². The van der Waals surface area contributed by atoms with Crippen LogP contribution in [0.1, 0.15) is 31.7 Å². The second-order valence-electron chi connectivity index (χ2n) is 6.74. The Morgan fingerprint density at radius 3 is 2.88 bits per heavy atom. The average Bonchev–Trinajstić information content (AvgIpc) is 3.12. The summed E-state index contributed by atoms with van der Waals surface area (Å²) < 4.78 is 21.2. The minimum atomic E-state index is -0.162. The van der Waals surface area contributed by atoms with Crippen molar-refractivity contribution in [3.8, 4) is 0 Å². The van der Waals surface area contributed by atoms with Gasteiger partial charge in [-0.2, -0.15) is 5.10 Å². The van der Waals surface area contributed by atoms with Gasteiger partial charge in [-0.05, 0) is 49.9 Å². The maximum Gasteiger partial charge on any atom is 0.123 e. The van der Waals surface area contributed by atoms with Crippen LogP contribution in [0.25, 0.3) is 0 Å². The predicted molar refractivity (Wildman–Crippen MR) is 92.4 cm³/mol. The quantitative estimate of drug-likeness (QED) is 0.847. The van der Waals surface area contributed by atoms with E-state index in [1.807, 2.05) is 29.1 Å². The second kappa shape index (κ2) is 7.90. The topological polar surface area (TPSA) is 39.1 Å². The van der Waals surface area contributed by atoms with E-state index in [0.717, 1.165) is 51.1 Å². The standard InChI is InChI=1S/C19H26FN3O/c1-16(6-11-23-10-3-9-22-23)21-15-19(7-12-24-13-8-19)17-4-2-5-18(20)14-17/h2-5,9-10,14,16,21H,6-8,11-13,15H2,1H3/t16-/m0/s1. The number of halogens is 1. The first-order valence-electron chi connectivity index (χ1n) is 8.73. The molecule has 0 aliphatic carbocycles. The van der Waals surface area contributed by atoms with Crippen molar-refractivity contribution in [1.82, 2.24) is 15.1 Å². The van der Waals surface area contributed by atoms with Crippen molar-refractivity contribution < 1.29 is 9.13 Å². The van der Waals surface area contributed by atoms with Crippen LogP contribution in [0.5, 0.6) is 0 Å². The third-order valence-electron chi connectivity index (χ3n) is 5.03. The number of nitrogens with zero attached hydrogens (tertiary/aromatic N) is 2. The fourth-order valence-corrected chi connectivity index (χ4v) is 3.38. The molecule has 2 aromatic rings. The number of nitrogens with one attached hydrogen (secondary N) is 1. The van der Waals surface area contributed by atoms with Crippen molar-refractivity contribution in [2.75, 3.05) is 19.8 Å². The highest BCUT2D eigenvalue weighted by molar-refractivity contribution is 5.27. The lowest BCUT2D eigenvalue weighted by Gasteiger charge is -2.39. The molecule has 1 fully saturated rings. The average molecular weight is 331 g/mol. The van der Waals surface area contributed by atoms with Crippen LogP contribution in [0.3, 0.4) is 0 Å². The first-order valence-corrected chi connectivity index (χ1v) is 8.73. The number of ether oxygens (including phenoxy) is 1. The highest BCUT2D eigenvalue weighted by Gasteiger charge is 2.34. The van der Waals surface area contributed by atoms with Gasteiger partial charge in [0.15, 0.2) is 0 Å². The maximum atomic E-state index is 13.7. The highest BCUT2D eigenvalue weighted by Crippen LogP contribution is 2.34. The smallest absolute Gasteiger partial charge is 0.123 e. The van der Waals surface area contributed by atoms with E-state index in [0.29, 0.717) is 6.04 Å². The maximum absolute atomic E-state index is 13.7. The Bertz CT molecular complexity index is 623. The Morgan fingerprint density at radius 2 is 2.17 bits per heavy atom. The van der Waals surface area contributed by atoms with Crippen molar-refractivity contribution in [3.63, 3.8) is 0 Å². The van der Waals surface area contributed by atoms with Crippen molar-refractivity contribution in [1.29, 1.82) is 0 Å². The van der Waals surface area contributed by atoms with Gasteiger partial charge in [0.1, 0.15) is 5.82 Å². The zero-order valence-electron chi connectivity index (χ0n) is 14.2. The summed E-state index contributed by atoms with van der Waals surface area (Å²) in [4.78, 5) is 0. The van der Waals surface area contributed by atoms with Crippen LogP contribution in [0.2, 0.25) is 0 Å². The van der Waals surface area contributed by atoms with E-state index in [1.165, 1.54) is 6.07 Å². The van der Waals surface area contributed by atoms with E-state index >= 15 is 0 Å². The van der Waals surface area contributed by atoms with Crippen molar-refractivity contribution >= 4 is 0 Å². The molecule has 0 saturated carbocycles. The Kier molecular flexibility index (Phi) is 5.63. The Hall–Kier alpha value is -1.72. The van der Waals surface area contributed by atoms with Crippen LogP contribution in [-0.2, 0) is 16.7 Å². The number of aryl methyl sites for hydroxylation is 1. The van der Waals surface area contributed by atoms with Gasteiger partial charge in [-0.3, -0.25) is 4.68 Å². The highest BCUT2D eigenvalue weighted by atomic mass is 19.1. The van der Waals surface area contributed by atoms with Gasteiger partial charge in [-0.15, -0.1) is 0 Å². The second-order valence-corrected chi connectivity index (χ2v) is 6.74. The summed E-state index contributed by atoms with van der Waals surface area (Å²) in [6.45, 7) is 5.42. The molecule has 0 spiro atoms. The first kappa shape index (κ1) is 17.1. The molecule has 2 heterocycles. The number of hydrogen-bond acceptors (Lipinski definition) is 3. The molecule has 1 aromatic heterocycles. The molecular weight excluding hydrogens is 305 g/mol. The molecule has 3 rings (SSSR count). The van der Waals surface area contributed by atoms with Crippen molar-refractivity contribution in [2.24, 2.45) is 0 Å². The van der Waals surface area contributed by atoms with Gasteiger partial charge in [-0.1, -0.05) is 12.1 Å². The molecule has 1 atom stereocenters. The first-order chi connectivity index (χ1) is 11.7. The van der Waals surface area contributed by atoms with Gasteiger partial charge < -0.3 is 10.1 Å². The fraction of sp³-hybridized carbons (Fsp3) is 0.526. The number of rotatable bonds is 7. The normalized spacial score (nSPS) is 18.4. The van der Waals surface area contributed by atoms with E-state index in [1.54, 1.807) is 12.3 Å². The van der Waals surface area contributed by atoms with Crippen molar-refractivity contribution in [2.45, 2.75) is 44.2 Å². The molecule has 4 nitrogen and oxygen atoms in total. The van der Waals surface area contributed by atoms with E-state index in [-0.39, 0.29) is 11.2 Å². The third kappa shape index (κ3) is 4.22. The Morgan fingerprint density at radius 1 is 1.33 bits per heavy atom. The molecule has 24 heavy (non-hydrogen) atoms. The zero-order valence-corrected chi connectivity index (χ0v) is 14.2. The lowest BCUT2D eigenvalue weighted by atomic mass is 9.74. The van der Waals surface area contributed by atoms with Crippen LogP contribution >= 0.6 is 0 Å². The molecule has 1 N–H and O–H groups in total. The number of hydrogen-bond donors (Lipinski definition) is 1. The van der Waals surface area contributed by atoms with Crippen LogP contribution in [0.15, 0.2) is 42.7 Å². The Labute approximate surface area is 143 Å². The SMILES string of the molecule is C[C@@H](CCn1cccn1)NCC1(c2cccc(F)c2)CCOCC1. The minimum Gasteiger partial charge on any atom is -0.381 e. The van der Waals surface area contributed by atoms with E-state index < -0.39 is 0 Å². The molecular formula is C19H26FN3O. The predicted octanol–water partition coefficient (Wildman–Crippen LogP) is 3.14. The largest absolute Gasteiger partial charge is 0.381 e. The third-order valence-corrected chi connectivity index (χ3v) is 5.03.